The van der Waals surface area contributed by atoms with E-state index in [4.69, 9.17) is 4.74 Å². The maximum Gasteiger partial charge on any atom is 0.325 e. The van der Waals surface area contributed by atoms with Crippen molar-refractivity contribution in [2.24, 2.45) is 5.92 Å². The number of urea groups is 1. The molecule has 7 heteroatoms. The van der Waals surface area contributed by atoms with Crippen LogP contribution in [-0.2, 0) is 14.3 Å². The summed E-state index contributed by atoms with van der Waals surface area (Å²) < 4.78 is 5.40. The monoisotopic (exact) mass is 339 g/mol. The third-order valence-corrected chi connectivity index (χ3v) is 4.90. The minimum absolute atomic E-state index is 0.101. The van der Waals surface area contributed by atoms with Crippen molar-refractivity contribution in [1.82, 2.24) is 15.5 Å². The molecule has 1 aliphatic heterocycles. The highest BCUT2D eigenvalue weighted by atomic mass is 16.5. The Morgan fingerprint density at radius 2 is 2.17 bits per heavy atom. The second-order valence-corrected chi connectivity index (χ2v) is 7.06. The van der Waals surface area contributed by atoms with Crippen LogP contribution in [0.1, 0.15) is 52.9 Å². The number of hydrogen-bond acceptors (Lipinski definition) is 4. The Labute approximate surface area is 143 Å². The van der Waals surface area contributed by atoms with Crippen molar-refractivity contribution in [3.05, 3.63) is 0 Å². The fraction of sp³-hybridized carbons (Fsp3) is 0.824. The molecule has 1 spiro atoms. The normalized spacial score (nSPS) is 27.0. The van der Waals surface area contributed by atoms with Gasteiger partial charge in [0.1, 0.15) is 12.1 Å². The number of nitrogens with zero attached hydrogens (tertiary/aromatic N) is 1. The second kappa shape index (κ2) is 7.96. The third kappa shape index (κ3) is 4.06. The summed E-state index contributed by atoms with van der Waals surface area (Å²) in [5, 5.41) is 5.58. The lowest BCUT2D eigenvalue weighted by Crippen LogP contribution is -2.54. The minimum atomic E-state index is -0.805. The zero-order valence-electron chi connectivity index (χ0n) is 14.9. The van der Waals surface area contributed by atoms with Crippen LogP contribution < -0.4 is 10.6 Å². The van der Waals surface area contributed by atoms with Crippen molar-refractivity contribution in [2.75, 3.05) is 19.7 Å². The average molecular weight is 339 g/mol. The number of carbonyl (C=O) groups is 3. The number of ether oxygens (including phenoxy) is 1. The number of imide groups is 1. The first-order valence-electron chi connectivity index (χ1n) is 8.89. The zero-order valence-corrected chi connectivity index (χ0v) is 14.9. The molecular weight excluding hydrogens is 310 g/mol. The molecule has 1 saturated carbocycles. The molecule has 2 aliphatic rings. The predicted octanol–water partition coefficient (Wildman–Crippen LogP) is 1.42. The van der Waals surface area contributed by atoms with Gasteiger partial charge in [0.25, 0.3) is 5.91 Å². The van der Waals surface area contributed by atoms with E-state index in [1.807, 2.05) is 20.8 Å². The summed E-state index contributed by atoms with van der Waals surface area (Å²) in [4.78, 5) is 38.0. The van der Waals surface area contributed by atoms with Gasteiger partial charge in [-0.15, -0.1) is 0 Å². The fourth-order valence-electron chi connectivity index (χ4n) is 3.46. The van der Waals surface area contributed by atoms with Crippen molar-refractivity contribution in [1.29, 1.82) is 0 Å². The van der Waals surface area contributed by atoms with Gasteiger partial charge in [0.15, 0.2) is 0 Å². The van der Waals surface area contributed by atoms with Gasteiger partial charge < -0.3 is 15.4 Å². The van der Waals surface area contributed by atoms with E-state index in [1.165, 1.54) is 0 Å². The van der Waals surface area contributed by atoms with Crippen molar-refractivity contribution in [3.63, 3.8) is 0 Å². The third-order valence-electron chi connectivity index (χ3n) is 4.90. The van der Waals surface area contributed by atoms with Gasteiger partial charge in [-0.25, -0.2) is 4.79 Å². The summed E-state index contributed by atoms with van der Waals surface area (Å²) >= 11 is 0. The van der Waals surface area contributed by atoms with Crippen LogP contribution in [0.5, 0.6) is 0 Å². The molecule has 1 saturated heterocycles. The second-order valence-electron chi connectivity index (χ2n) is 7.06. The van der Waals surface area contributed by atoms with Gasteiger partial charge >= 0.3 is 6.03 Å². The van der Waals surface area contributed by atoms with Crippen LogP contribution in [0.25, 0.3) is 0 Å². The van der Waals surface area contributed by atoms with Gasteiger partial charge in [0.05, 0.1) is 6.10 Å². The van der Waals surface area contributed by atoms with Gasteiger partial charge in [-0.1, -0.05) is 19.8 Å². The lowest BCUT2D eigenvalue weighted by Gasteiger charge is -2.36. The minimum Gasteiger partial charge on any atom is -0.379 e. The number of amides is 4. The Morgan fingerprint density at radius 1 is 1.42 bits per heavy atom. The largest absolute Gasteiger partial charge is 0.379 e. The first-order valence-corrected chi connectivity index (χ1v) is 8.89. The van der Waals surface area contributed by atoms with Gasteiger partial charge in [0, 0.05) is 13.2 Å². The van der Waals surface area contributed by atoms with E-state index >= 15 is 0 Å². The van der Waals surface area contributed by atoms with E-state index in [0.717, 1.165) is 24.2 Å². The summed E-state index contributed by atoms with van der Waals surface area (Å²) in [5.41, 5.74) is -0.805. The molecule has 0 aromatic carbocycles. The summed E-state index contributed by atoms with van der Waals surface area (Å²) in [6, 6.07) is -0.452. The topological polar surface area (TPSA) is 87.7 Å². The molecule has 2 atom stereocenters. The number of rotatable bonds is 7. The molecular formula is C17H29N3O4. The molecule has 4 amide bonds. The van der Waals surface area contributed by atoms with Gasteiger partial charge in [-0.3, -0.25) is 14.5 Å². The zero-order chi connectivity index (χ0) is 17.7. The van der Waals surface area contributed by atoms with E-state index in [0.29, 0.717) is 26.0 Å². The highest BCUT2D eigenvalue weighted by Gasteiger charge is 2.55. The molecule has 136 valence electrons. The van der Waals surface area contributed by atoms with Gasteiger partial charge in [0.2, 0.25) is 5.91 Å². The molecule has 0 aromatic heterocycles. The fourth-order valence-corrected chi connectivity index (χ4v) is 3.46. The van der Waals surface area contributed by atoms with E-state index in [9.17, 15) is 14.4 Å². The molecule has 24 heavy (non-hydrogen) atoms. The van der Waals surface area contributed by atoms with E-state index in [2.05, 4.69) is 10.6 Å². The van der Waals surface area contributed by atoms with Crippen LogP contribution in [0.3, 0.4) is 0 Å². The van der Waals surface area contributed by atoms with Crippen molar-refractivity contribution in [3.8, 4) is 0 Å². The smallest absolute Gasteiger partial charge is 0.325 e. The molecule has 0 bridgehead atoms. The highest BCUT2D eigenvalue weighted by molar-refractivity contribution is 6.09. The average Bonchev–Trinajstić information content (AvgIpc) is 2.75. The van der Waals surface area contributed by atoms with Crippen LogP contribution in [0.2, 0.25) is 0 Å². The molecule has 0 unspecified atom stereocenters. The van der Waals surface area contributed by atoms with E-state index in [-0.39, 0.29) is 30.4 Å². The number of carbonyl (C=O) groups excluding carboxylic acids is 3. The number of hydrogen-bond donors (Lipinski definition) is 2. The van der Waals surface area contributed by atoms with Crippen LogP contribution in [0.15, 0.2) is 0 Å². The first-order chi connectivity index (χ1) is 11.4. The Morgan fingerprint density at radius 3 is 2.83 bits per heavy atom. The van der Waals surface area contributed by atoms with Gasteiger partial charge in [-0.05, 0) is 39.0 Å². The molecule has 7 nitrogen and oxygen atoms in total. The predicted molar refractivity (Wildman–Crippen MR) is 89.3 cm³/mol. The maximum absolute atomic E-state index is 12.7. The van der Waals surface area contributed by atoms with Crippen LogP contribution in [0.4, 0.5) is 4.79 Å². The Balaban J connectivity index is 1.83. The molecule has 1 heterocycles. The Bertz CT molecular complexity index is 494. The Kier molecular flexibility index (Phi) is 6.21. The number of nitrogens with one attached hydrogen (secondary N) is 2. The van der Waals surface area contributed by atoms with E-state index in [1.54, 1.807) is 0 Å². The highest BCUT2D eigenvalue weighted by Crippen LogP contribution is 2.38. The molecule has 2 N–H and O–H groups in total. The summed E-state index contributed by atoms with van der Waals surface area (Å²) in [5.74, 6) is -0.467. The van der Waals surface area contributed by atoms with Crippen molar-refractivity contribution >= 4 is 17.8 Å². The SMILES string of the molecule is CC(C)OCCCNC(=O)CN1C(=O)N[C@@]2(CCCC[C@@H]2C)C1=O. The quantitative estimate of drug-likeness (QED) is 0.542. The summed E-state index contributed by atoms with van der Waals surface area (Å²) in [7, 11) is 0. The maximum atomic E-state index is 12.7. The summed E-state index contributed by atoms with van der Waals surface area (Å²) in [6.07, 6.45) is 4.44. The van der Waals surface area contributed by atoms with Crippen LogP contribution in [0, 0.1) is 5.92 Å². The van der Waals surface area contributed by atoms with Gasteiger partial charge in [-0.2, -0.15) is 0 Å². The van der Waals surface area contributed by atoms with Crippen molar-refractivity contribution < 1.29 is 19.1 Å². The van der Waals surface area contributed by atoms with E-state index < -0.39 is 11.6 Å². The van der Waals surface area contributed by atoms with Crippen molar-refractivity contribution in [2.45, 2.75) is 64.5 Å². The standard InChI is InChI=1S/C17H29N3O4/c1-12(2)24-10-6-9-18-14(21)11-20-15(22)17(19-16(20)23)8-5-4-7-13(17)3/h12-13H,4-11H2,1-3H3,(H,18,21)(H,19,23)/t13-,17+/m0/s1. The molecule has 0 aromatic rings. The Hall–Kier alpha value is -1.63. The molecule has 1 aliphatic carbocycles. The molecule has 0 radical (unpaired) electrons. The first kappa shape index (κ1) is 18.7. The summed E-state index contributed by atoms with van der Waals surface area (Å²) in [6.45, 7) is 6.73. The molecule has 2 fully saturated rings. The lowest BCUT2D eigenvalue weighted by molar-refractivity contribution is -0.137. The molecule has 2 rings (SSSR count). The lowest BCUT2D eigenvalue weighted by atomic mass is 9.73. The van der Waals surface area contributed by atoms with Crippen LogP contribution in [-0.4, -0.2) is 54.1 Å². The van der Waals surface area contributed by atoms with Crippen LogP contribution >= 0.6 is 0 Å².